The average molecular weight is 255 g/mol. The molecule has 0 aliphatic carbocycles. The van der Waals surface area contributed by atoms with Crippen LogP contribution in [0.15, 0.2) is 6.07 Å². The number of Topliss-reactive ketones (excluding diaryl/α,β-unsaturated/α-hetero) is 1. The third kappa shape index (κ3) is 4.26. The monoisotopic (exact) mass is 255 g/mol. The number of ether oxygens (including phenoxy) is 1. The number of thioether (sulfide) groups is 1. The molecule has 0 fully saturated rings. The van der Waals surface area contributed by atoms with Gasteiger partial charge in [-0.15, -0.1) is 11.8 Å². The van der Waals surface area contributed by atoms with Crippen LogP contribution in [0.3, 0.4) is 0 Å². The summed E-state index contributed by atoms with van der Waals surface area (Å²) in [5.74, 6) is 0.298. The second-order valence-electron chi connectivity index (χ2n) is 3.71. The van der Waals surface area contributed by atoms with Gasteiger partial charge in [0.2, 0.25) is 0 Å². The SMILES string of the molecule is CCOC(=O)CSCC(=O)c1cc(C)[nH]c1C. The second kappa shape index (κ2) is 6.49. The average Bonchev–Trinajstić information content (AvgIpc) is 2.58. The number of H-pyrrole nitrogens is 1. The highest BCUT2D eigenvalue weighted by Gasteiger charge is 2.12. The molecule has 0 saturated heterocycles. The molecule has 5 heteroatoms. The van der Waals surface area contributed by atoms with E-state index in [9.17, 15) is 9.59 Å². The Bertz CT molecular complexity index is 412. The molecule has 0 saturated carbocycles. The van der Waals surface area contributed by atoms with Gasteiger partial charge >= 0.3 is 5.97 Å². The van der Waals surface area contributed by atoms with Gasteiger partial charge in [0.05, 0.1) is 18.1 Å². The number of carbonyl (C=O) groups excluding carboxylic acids is 2. The van der Waals surface area contributed by atoms with Crippen LogP contribution < -0.4 is 0 Å². The molecule has 0 bridgehead atoms. The maximum Gasteiger partial charge on any atom is 0.315 e. The van der Waals surface area contributed by atoms with Crippen molar-refractivity contribution in [2.75, 3.05) is 18.1 Å². The highest BCUT2D eigenvalue weighted by atomic mass is 32.2. The molecular formula is C12H17NO3S. The Morgan fingerprint density at radius 1 is 1.35 bits per heavy atom. The van der Waals surface area contributed by atoms with Crippen LogP contribution in [-0.4, -0.2) is 34.8 Å². The van der Waals surface area contributed by atoms with E-state index in [0.29, 0.717) is 17.9 Å². The fourth-order valence-corrected chi connectivity index (χ4v) is 2.21. The molecule has 0 atom stereocenters. The number of nitrogens with one attached hydrogen (secondary N) is 1. The summed E-state index contributed by atoms with van der Waals surface area (Å²) in [4.78, 5) is 26.0. The molecular weight excluding hydrogens is 238 g/mol. The Kier molecular flexibility index (Phi) is 5.28. The van der Waals surface area contributed by atoms with Crippen molar-refractivity contribution in [1.82, 2.24) is 4.98 Å². The Morgan fingerprint density at radius 2 is 2.06 bits per heavy atom. The van der Waals surface area contributed by atoms with E-state index in [1.807, 2.05) is 19.9 Å². The van der Waals surface area contributed by atoms with E-state index in [2.05, 4.69) is 4.98 Å². The molecule has 94 valence electrons. The summed E-state index contributed by atoms with van der Waals surface area (Å²) in [6.07, 6.45) is 0. The van der Waals surface area contributed by atoms with Gasteiger partial charge in [-0.05, 0) is 26.8 Å². The minimum atomic E-state index is -0.271. The smallest absolute Gasteiger partial charge is 0.315 e. The fourth-order valence-electron chi connectivity index (χ4n) is 1.52. The highest BCUT2D eigenvalue weighted by Crippen LogP contribution is 2.13. The highest BCUT2D eigenvalue weighted by molar-refractivity contribution is 8.00. The van der Waals surface area contributed by atoms with Crippen LogP contribution in [-0.2, 0) is 9.53 Å². The van der Waals surface area contributed by atoms with Crippen molar-refractivity contribution in [3.05, 3.63) is 23.0 Å². The number of aromatic nitrogens is 1. The molecule has 1 aromatic heterocycles. The molecule has 1 aromatic rings. The van der Waals surface area contributed by atoms with E-state index in [-0.39, 0.29) is 17.5 Å². The first-order valence-corrected chi connectivity index (χ1v) is 6.62. The largest absolute Gasteiger partial charge is 0.465 e. The Morgan fingerprint density at radius 3 is 2.59 bits per heavy atom. The van der Waals surface area contributed by atoms with Gasteiger partial charge in [-0.1, -0.05) is 0 Å². The standard InChI is InChI=1S/C12H17NO3S/c1-4-16-12(15)7-17-6-11(14)10-5-8(2)13-9(10)3/h5,13H,4,6-7H2,1-3H3. The van der Waals surface area contributed by atoms with Gasteiger partial charge in [-0.3, -0.25) is 9.59 Å². The number of carbonyl (C=O) groups is 2. The minimum Gasteiger partial charge on any atom is -0.465 e. The van der Waals surface area contributed by atoms with Crippen LogP contribution in [0.4, 0.5) is 0 Å². The molecule has 1 rings (SSSR count). The van der Waals surface area contributed by atoms with Gasteiger partial charge in [0.25, 0.3) is 0 Å². The molecule has 0 amide bonds. The summed E-state index contributed by atoms with van der Waals surface area (Å²) in [5.41, 5.74) is 2.56. The summed E-state index contributed by atoms with van der Waals surface area (Å²) in [5, 5.41) is 0. The first kappa shape index (κ1) is 13.8. The Balaban J connectivity index is 2.40. The molecule has 1 heterocycles. The van der Waals surface area contributed by atoms with Crippen LogP contribution in [0.25, 0.3) is 0 Å². The summed E-state index contributed by atoms with van der Waals surface area (Å²) < 4.78 is 4.78. The van der Waals surface area contributed by atoms with Gasteiger partial charge in [0.1, 0.15) is 0 Å². The van der Waals surface area contributed by atoms with Crippen LogP contribution in [0.5, 0.6) is 0 Å². The number of ketones is 1. The normalized spacial score (nSPS) is 10.3. The maximum atomic E-state index is 11.8. The minimum absolute atomic E-state index is 0.0427. The first-order chi connectivity index (χ1) is 8.04. The number of rotatable bonds is 6. The van der Waals surface area contributed by atoms with Crippen molar-refractivity contribution in [2.45, 2.75) is 20.8 Å². The maximum absolute atomic E-state index is 11.8. The van der Waals surface area contributed by atoms with Crippen molar-refractivity contribution in [2.24, 2.45) is 0 Å². The van der Waals surface area contributed by atoms with Gasteiger partial charge in [0.15, 0.2) is 5.78 Å². The zero-order chi connectivity index (χ0) is 12.8. The van der Waals surface area contributed by atoms with E-state index in [0.717, 1.165) is 11.4 Å². The Labute approximate surface area is 105 Å². The lowest BCUT2D eigenvalue weighted by Crippen LogP contribution is -2.10. The number of aromatic amines is 1. The lowest BCUT2D eigenvalue weighted by atomic mass is 10.2. The number of hydrogen-bond donors (Lipinski definition) is 1. The molecule has 0 aliphatic heterocycles. The lowest BCUT2D eigenvalue weighted by Gasteiger charge is -2.01. The van der Waals surface area contributed by atoms with Crippen LogP contribution in [0.2, 0.25) is 0 Å². The van der Waals surface area contributed by atoms with Gasteiger partial charge in [-0.25, -0.2) is 0 Å². The van der Waals surface area contributed by atoms with Crippen molar-refractivity contribution >= 4 is 23.5 Å². The summed E-state index contributed by atoms with van der Waals surface area (Å²) in [6, 6.07) is 1.84. The van der Waals surface area contributed by atoms with Gasteiger partial charge in [-0.2, -0.15) is 0 Å². The molecule has 4 nitrogen and oxygen atoms in total. The lowest BCUT2D eigenvalue weighted by molar-refractivity contribution is -0.139. The van der Waals surface area contributed by atoms with E-state index in [1.165, 1.54) is 11.8 Å². The predicted octanol–water partition coefficient (Wildman–Crippen LogP) is 2.11. The first-order valence-electron chi connectivity index (χ1n) is 5.47. The third-order valence-electron chi connectivity index (χ3n) is 2.21. The molecule has 17 heavy (non-hydrogen) atoms. The molecule has 0 spiro atoms. The molecule has 0 aliphatic rings. The van der Waals surface area contributed by atoms with Crippen molar-refractivity contribution in [3.63, 3.8) is 0 Å². The molecule has 0 aromatic carbocycles. The summed E-state index contributed by atoms with van der Waals surface area (Å²) in [6.45, 7) is 5.93. The van der Waals surface area contributed by atoms with Crippen LogP contribution >= 0.6 is 11.8 Å². The van der Waals surface area contributed by atoms with E-state index in [4.69, 9.17) is 4.74 Å². The molecule has 0 radical (unpaired) electrons. The number of aryl methyl sites for hydroxylation is 2. The van der Waals surface area contributed by atoms with E-state index >= 15 is 0 Å². The Hall–Kier alpha value is -1.23. The zero-order valence-corrected chi connectivity index (χ0v) is 11.1. The van der Waals surface area contributed by atoms with E-state index < -0.39 is 0 Å². The van der Waals surface area contributed by atoms with E-state index in [1.54, 1.807) is 6.92 Å². The number of hydrogen-bond acceptors (Lipinski definition) is 4. The summed E-state index contributed by atoms with van der Waals surface area (Å²) in [7, 11) is 0. The second-order valence-corrected chi connectivity index (χ2v) is 4.70. The van der Waals surface area contributed by atoms with Crippen molar-refractivity contribution < 1.29 is 14.3 Å². The fraction of sp³-hybridized carbons (Fsp3) is 0.500. The quantitative estimate of drug-likeness (QED) is 0.625. The predicted molar refractivity (Wildman–Crippen MR) is 68.6 cm³/mol. The van der Waals surface area contributed by atoms with Gasteiger partial charge < -0.3 is 9.72 Å². The number of esters is 1. The van der Waals surface area contributed by atoms with Crippen molar-refractivity contribution in [1.29, 1.82) is 0 Å². The summed E-state index contributed by atoms with van der Waals surface area (Å²) >= 11 is 1.28. The van der Waals surface area contributed by atoms with Crippen LogP contribution in [0, 0.1) is 13.8 Å². The molecule has 0 unspecified atom stereocenters. The van der Waals surface area contributed by atoms with Crippen LogP contribution in [0.1, 0.15) is 28.7 Å². The topological polar surface area (TPSA) is 59.2 Å². The molecule has 1 N–H and O–H groups in total. The van der Waals surface area contributed by atoms with Crippen molar-refractivity contribution in [3.8, 4) is 0 Å². The third-order valence-corrected chi connectivity index (χ3v) is 3.11. The van der Waals surface area contributed by atoms with Gasteiger partial charge in [0, 0.05) is 17.0 Å². The zero-order valence-electron chi connectivity index (χ0n) is 10.3.